The Morgan fingerprint density at radius 3 is 2.91 bits per heavy atom. The summed E-state index contributed by atoms with van der Waals surface area (Å²) in [5, 5.41) is 4.30. The van der Waals surface area contributed by atoms with E-state index in [4.69, 9.17) is 4.84 Å². The lowest BCUT2D eigenvalue weighted by Gasteiger charge is -2.20. The van der Waals surface area contributed by atoms with E-state index in [0.29, 0.717) is 26.1 Å². The van der Waals surface area contributed by atoms with Crippen LogP contribution in [0.25, 0.3) is 0 Å². The molecule has 23 heavy (non-hydrogen) atoms. The van der Waals surface area contributed by atoms with Gasteiger partial charge in [0.15, 0.2) is 0 Å². The molecule has 2 heterocycles. The number of carbonyl (C=O) groups is 2. The fourth-order valence-corrected chi connectivity index (χ4v) is 2.96. The molecule has 0 spiro atoms. The zero-order chi connectivity index (χ0) is 16.1. The Bertz CT molecular complexity index is 568. The highest BCUT2D eigenvalue weighted by Gasteiger charge is 2.22. The number of hydrogen-bond donors (Lipinski definition) is 1. The molecule has 3 rings (SSSR count). The maximum Gasteiger partial charge on any atom is 0.341 e. The first-order valence-corrected chi connectivity index (χ1v) is 8.31. The summed E-state index contributed by atoms with van der Waals surface area (Å²) in [6.07, 6.45) is 4.59. The van der Waals surface area contributed by atoms with Crippen molar-refractivity contribution in [1.82, 2.24) is 10.4 Å². The number of nitrogens with zero attached hydrogens (tertiary/aromatic N) is 2. The summed E-state index contributed by atoms with van der Waals surface area (Å²) in [5.74, 6) is 0.171. The molecule has 2 aliphatic heterocycles. The zero-order valence-corrected chi connectivity index (χ0v) is 13.3. The fraction of sp³-hybridized carbons (Fsp3) is 0.529. The SMILES string of the molecule is O=C(NCc1cccc(N2CCCC2=O)c1)N1CCCCCO1. The Hall–Kier alpha value is -2.08. The topological polar surface area (TPSA) is 61.9 Å². The van der Waals surface area contributed by atoms with Gasteiger partial charge in [0.05, 0.1) is 13.2 Å². The van der Waals surface area contributed by atoms with Gasteiger partial charge in [-0.05, 0) is 43.4 Å². The molecule has 2 saturated heterocycles. The number of urea groups is 1. The van der Waals surface area contributed by atoms with Gasteiger partial charge >= 0.3 is 6.03 Å². The van der Waals surface area contributed by atoms with Gasteiger partial charge in [-0.2, -0.15) is 0 Å². The van der Waals surface area contributed by atoms with E-state index in [2.05, 4.69) is 5.32 Å². The van der Waals surface area contributed by atoms with Gasteiger partial charge in [-0.3, -0.25) is 9.63 Å². The maximum atomic E-state index is 12.1. The summed E-state index contributed by atoms with van der Waals surface area (Å²) in [6.45, 7) is 2.43. The first-order chi connectivity index (χ1) is 11.2. The Balaban J connectivity index is 1.57. The van der Waals surface area contributed by atoms with Crippen molar-refractivity contribution in [3.8, 4) is 0 Å². The Morgan fingerprint density at radius 2 is 2.09 bits per heavy atom. The standard InChI is InChI=1S/C17H23N3O3/c21-16-8-5-9-19(16)15-7-4-6-14(12-15)13-18-17(22)20-10-2-1-3-11-23-20/h4,6-7,12H,1-3,5,8-11,13H2,(H,18,22). The number of anilines is 1. The predicted octanol–water partition coefficient (Wildman–Crippen LogP) is 2.44. The number of amides is 3. The van der Waals surface area contributed by atoms with E-state index in [-0.39, 0.29) is 11.9 Å². The number of nitrogens with one attached hydrogen (secondary N) is 1. The molecule has 0 unspecified atom stereocenters. The molecule has 1 N–H and O–H groups in total. The molecule has 0 saturated carbocycles. The molecular weight excluding hydrogens is 294 g/mol. The summed E-state index contributed by atoms with van der Waals surface area (Å²) in [6, 6.07) is 7.58. The van der Waals surface area contributed by atoms with E-state index in [1.165, 1.54) is 5.06 Å². The molecule has 0 atom stereocenters. The van der Waals surface area contributed by atoms with Crippen LogP contribution in [0.3, 0.4) is 0 Å². The lowest BCUT2D eigenvalue weighted by Crippen LogP contribution is -2.39. The third kappa shape index (κ3) is 4.01. The van der Waals surface area contributed by atoms with E-state index >= 15 is 0 Å². The van der Waals surface area contributed by atoms with Gasteiger partial charge in [-0.15, -0.1) is 0 Å². The first-order valence-electron chi connectivity index (χ1n) is 8.31. The van der Waals surface area contributed by atoms with Crippen LogP contribution in [0.4, 0.5) is 10.5 Å². The Morgan fingerprint density at radius 1 is 1.17 bits per heavy atom. The smallest absolute Gasteiger partial charge is 0.332 e. The maximum absolute atomic E-state index is 12.1. The average molecular weight is 317 g/mol. The van der Waals surface area contributed by atoms with E-state index in [9.17, 15) is 9.59 Å². The fourth-order valence-electron chi connectivity index (χ4n) is 2.96. The van der Waals surface area contributed by atoms with Crippen LogP contribution in [0.1, 0.15) is 37.7 Å². The van der Waals surface area contributed by atoms with Gasteiger partial charge in [-0.1, -0.05) is 12.1 Å². The largest absolute Gasteiger partial charge is 0.341 e. The minimum atomic E-state index is -0.199. The van der Waals surface area contributed by atoms with Crippen LogP contribution in [0.2, 0.25) is 0 Å². The third-order valence-electron chi connectivity index (χ3n) is 4.22. The molecule has 2 fully saturated rings. The summed E-state index contributed by atoms with van der Waals surface area (Å²) in [7, 11) is 0. The van der Waals surface area contributed by atoms with Gasteiger partial charge in [0.25, 0.3) is 0 Å². The lowest BCUT2D eigenvalue weighted by molar-refractivity contribution is -0.117. The summed E-state index contributed by atoms with van der Waals surface area (Å²) < 4.78 is 0. The van der Waals surface area contributed by atoms with E-state index in [1.807, 2.05) is 29.2 Å². The van der Waals surface area contributed by atoms with Crippen LogP contribution < -0.4 is 10.2 Å². The number of hydrogen-bond acceptors (Lipinski definition) is 3. The molecule has 1 aromatic carbocycles. The van der Waals surface area contributed by atoms with Gasteiger partial charge in [0.2, 0.25) is 5.91 Å². The van der Waals surface area contributed by atoms with Crippen molar-refractivity contribution < 1.29 is 14.4 Å². The van der Waals surface area contributed by atoms with Crippen molar-refractivity contribution in [1.29, 1.82) is 0 Å². The van der Waals surface area contributed by atoms with Gasteiger partial charge < -0.3 is 10.2 Å². The molecule has 2 aliphatic rings. The molecular formula is C17H23N3O3. The summed E-state index contributed by atoms with van der Waals surface area (Å²) >= 11 is 0. The molecule has 0 radical (unpaired) electrons. The van der Waals surface area contributed by atoms with Gasteiger partial charge in [-0.25, -0.2) is 9.86 Å². The Labute approximate surface area is 136 Å². The van der Waals surface area contributed by atoms with Gasteiger partial charge in [0.1, 0.15) is 0 Å². The molecule has 0 aliphatic carbocycles. The van der Waals surface area contributed by atoms with Crippen molar-refractivity contribution in [3.05, 3.63) is 29.8 Å². The molecule has 124 valence electrons. The number of rotatable bonds is 3. The lowest BCUT2D eigenvalue weighted by atomic mass is 10.2. The minimum Gasteiger partial charge on any atom is -0.332 e. The first kappa shape index (κ1) is 15.8. The van der Waals surface area contributed by atoms with Crippen molar-refractivity contribution in [2.45, 2.75) is 38.6 Å². The van der Waals surface area contributed by atoms with Crippen LogP contribution in [-0.2, 0) is 16.2 Å². The van der Waals surface area contributed by atoms with Crippen molar-refractivity contribution in [2.75, 3.05) is 24.6 Å². The van der Waals surface area contributed by atoms with E-state index in [0.717, 1.165) is 43.5 Å². The number of hydroxylamine groups is 2. The Kier molecular flexibility index (Phi) is 5.12. The van der Waals surface area contributed by atoms with Crippen LogP contribution >= 0.6 is 0 Å². The van der Waals surface area contributed by atoms with Crippen molar-refractivity contribution in [2.24, 2.45) is 0 Å². The van der Waals surface area contributed by atoms with Crippen molar-refractivity contribution >= 4 is 17.6 Å². The highest BCUT2D eigenvalue weighted by molar-refractivity contribution is 5.95. The second kappa shape index (κ2) is 7.46. The molecule has 6 heteroatoms. The van der Waals surface area contributed by atoms with Crippen molar-refractivity contribution in [3.63, 3.8) is 0 Å². The predicted molar refractivity (Wildman–Crippen MR) is 86.8 cm³/mol. The molecule has 1 aromatic rings. The number of benzene rings is 1. The molecule has 0 aromatic heterocycles. The highest BCUT2D eigenvalue weighted by atomic mass is 16.7. The molecule has 6 nitrogen and oxygen atoms in total. The normalized spacial score (nSPS) is 18.9. The summed E-state index contributed by atoms with van der Waals surface area (Å²) in [4.78, 5) is 31.2. The average Bonchev–Trinajstić information content (AvgIpc) is 2.83. The van der Waals surface area contributed by atoms with Crippen LogP contribution in [-0.4, -0.2) is 36.7 Å². The van der Waals surface area contributed by atoms with E-state index in [1.54, 1.807) is 0 Å². The second-order valence-electron chi connectivity index (χ2n) is 5.97. The third-order valence-corrected chi connectivity index (χ3v) is 4.22. The molecule has 3 amide bonds. The highest BCUT2D eigenvalue weighted by Crippen LogP contribution is 2.22. The number of carbonyl (C=O) groups excluding carboxylic acids is 2. The van der Waals surface area contributed by atoms with Gasteiger partial charge in [0, 0.05) is 25.2 Å². The van der Waals surface area contributed by atoms with Crippen LogP contribution in [0, 0.1) is 0 Å². The zero-order valence-electron chi connectivity index (χ0n) is 13.3. The quantitative estimate of drug-likeness (QED) is 0.931. The monoisotopic (exact) mass is 317 g/mol. The minimum absolute atomic E-state index is 0.171. The summed E-state index contributed by atoms with van der Waals surface area (Å²) in [5.41, 5.74) is 1.88. The molecule has 0 bridgehead atoms. The van der Waals surface area contributed by atoms with E-state index < -0.39 is 0 Å². The second-order valence-corrected chi connectivity index (χ2v) is 5.97. The van der Waals surface area contributed by atoms with Crippen LogP contribution in [0.15, 0.2) is 24.3 Å². The van der Waals surface area contributed by atoms with Crippen LogP contribution in [0.5, 0.6) is 0 Å².